The summed E-state index contributed by atoms with van der Waals surface area (Å²) in [6.07, 6.45) is 0. The summed E-state index contributed by atoms with van der Waals surface area (Å²) in [7, 11) is -3.75. The van der Waals surface area contributed by atoms with Crippen molar-refractivity contribution in [2.75, 3.05) is 26.2 Å². The van der Waals surface area contributed by atoms with Crippen molar-refractivity contribution in [3.05, 3.63) is 46.0 Å². The van der Waals surface area contributed by atoms with Gasteiger partial charge in [-0.1, -0.05) is 17.7 Å². The molecule has 0 unspecified atom stereocenters. The Morgan fingerprint density at radius 2 is 1.79 bits per heavy atom. The Hall–Kier alpha value is -1.97. The third kappa shape index (κ3) is 3.91. The predicted molar refractivity (Wildman–Crippen MR) is 108 cm³/mol. The van der Waals surface area contributed by atoms with Crippen LogP contribution in [0.3, 0.4) is 0 Å². The fourth-order valence-electron chi connectivity index (χ4n) is 3.64. The summed E-state index contributed by atoms with van der Waals surface area (Å²) < 4.78 is 43.5. The van der Waals surface area contributed by atoms with E-state index in [4.69, 9.17) is 11.6 Å². The first kappa shape index (κ1) is 21.7. The second-order valence-corrected chi connectivity index (χ2v) is 9.61. The molecule has 1 amide bonds. The van der Waals surface area contributed by atoms with Gasteiger partial charge in [-0.05, 0) is 39.8 Å². The maximum Gasteiger partial charge on any atom is 0.258 e. The number of aromatic nitrogens is 2. The van der Waals surface area contributed by atoms with E-state index in [0.717, 1.165) is 0 Å². The van der Waals surface area contributed by atoms with E-state index in [0.29, 0.717) is 11.4 Å². The second kappa shape index (κ2) is 8.04. The van der Waals surface area contributed by atoms with Gasteiger partial charge >= 0.3 is 0 Å². The van der Waals surface area contributed by atoms with Gasteiger partial charge in [-0.2, -0.15) is 9.40 Å². The molecule has 1 fully saturated rings. The average Bonchev–Trinajstić information content (AvgIpc) is 2.96. The van der Waals surface area contributed by atoms with E-state index in [2.05, 4.69) is 5.10 Å². The molecule has 10 heteroatoms. The van der Waals surface area contributed by atoms with Gasteiger partial charge in [-0.3, -0.25) is 9.48 Å². The molecule has 0 spiro atoms. The van der Waals surface area contributed by atoms with E-state index in [1.54, 1.807) is 18.5 Å². The lowest BCUT2D eigenvalue weighted by atomic mass is 10.1. The second-order valence-electron chi connectivity index (χ2n) is 7.33. The molecule has 2 aromatic rings. The highest BCUT2D eigenvalue weighted by atomic mass is 35.5. The van der Waals surface area contributed by atoms with Crippen molar-refractivity contribution in [2.24, 2.45) is 0 Å². The van der Waals surface area contributed by atoms with Gasteiger partial charge in [0.15, 0.2) is 0 Å². The fraction of sp³-hybridized carbons (Fsp3) is 0.474. The largest absolute Gasteiger partial charge is 0.336 e. The minimum atomic E-state index is -3.75. The highest BCUT2D eigenvalue weighted by molar-refractivity contribution is 7.89. The number of aryl methyl sites for hydroxylation is 1. The highest BCUT2D eigenvalue weighted by Crippen LogP contribution is 2.27. The van der Waals surface area contributed by atoms with Gasteiger partial charge in [-0.15, -0.1) is 0 Å². The Balaban J connectivity index is 1.80. The molecule has 1 aliphatic heterocycles. The number of carbonyl (C=O) groups excluding carboxylic acids is 1. The molecule has 7 nitrogen and oxygen atoms in total. The molecule has 1 aromatic heterocycles. The van der Waals surface area contributed by atoms with Gasteiger partial charge in [-0.25, -0.2) is 12.8 Å². The topological polar surface area (TPSA) is 75.5 Å². The van der Waals surface area contributed by atoms with Crippen LogP contribution in [0.2, 0.25) is 5.02 Å². The predicted octanol–water partition coefficient (Wildman–Crippen LogP) is 3.02. The number of carbonyl (C=O) groups is 1. The van der Waals surface area contributed by atoms with Gasteiger partial charge in [0, 0.05) is 32.2 Å². The van der Waals surface area contributed by atoms with Crippen molar-refractivity contribution in [3.63, 3.8) is 0 Å². The molecule has 2 heterocycles. The van der Waals surface area contributed by atoms with Crippen LogP contribution < -0.4 is 0 Å². The first-order chi connectivity index (χ1) is 13.6. The molecule has 0 atom stereocenters. The van der Waals surface area contributed by atoms with E-state index in [-0.39, 0.29) is 47.7 Å². The van der Waals surface area contributed by atoms with Crippen LogP contribution in [-0.2, 0) is 10.0 Å². The van der Waals surface area contributed by atoms with Crippen molar-refractivity contribution in [3.8, 4) is 0 Å². The number of piperazine rings is 1. The Morgan fingerprint density at radius 3 is 2.31 bits per heavy atom. The average molecular weight is 443 g/mol. The van der Waals surface area contributed by atoms with Crippen LogP contribution in [0, 0.1) is 19.7 Å². The molecule has 29 heavy (non-hydrogen) atoms. The van der Waals surface area contributed by atoms with E-state index >= 15 is 0 Å². The summed E-state index contributed by atoms with van der Waals surface area (Å²) >= 11 is 5.98. The monoisotopic (exact) mass is 442 g/mol. The molecule has 1 saturated heterocycles. The first-order valence-corrected chi connectivity index (χ1v) is 11.2. The van der Waals surface area contributed by atoms with Crippen LogP contribution in [-0.4, -0.2) is 59.5 Å². The number of nitrogens with zero attached hydrogens (tertiary/aromatic N) is 4. The first-order valence-electron chi connectivity index (χ1n) is 9.34. The van der Waals surface area contributed by atoms with Gasteiger partial charge in [0.25, 0.3) is 5.91 Å². The molecule has 0 N–H and O–H groups in total. The molecular weight excluding hydrogens is 419 g/mol. The zero-order chi connectivity index (χ0) is 21.5. The molecule has 158 valence electrons. The van der Waals surface area contributed by atoms with Crippen molar-refractivity contribution >= 4 is 27.5 Å². The summed E-state index contributed by atoms with van der Waals surface area (Å²) in [6, 6.07) is 4.10. The summed E-state index contributed by atoms with van der Waals surface area (Å²) in [5.41, 5.74) is 0.859. The van der Waals surface area contributed by atoms with Crippen LogP contribution in [0.1, 0.15) is 41.6 Å². The van der Waals surface area contributed by atoms with Crippen molar-refractivity contribution in [1.29, 1.82) is 0 Å². The number of hydrogen-bond donors (Lipinski definition) is 0. The number of sulfonamides is 1. The fourth-order valence-corrected chi connectivity index (χ4v) is 5.67. The summed E-state index contributed by atoms with van der Waals surface area (Å²) in [5.74, 6) is -1.23. The van der Waals surface area contributed by atoms with Crippen LogP contribution in [0.4, 0.5) is 4.39 Å². The zero-order valence-corrected chi connectivity index (χ0v) is 18.4. The van der Waals surface area contributed by atoms with E-state index in [1.807, 2.05) is 13.8 Å². The quantitative estimate of drug-likeness (QED) is 0.729. The van der Waals surface area contributed by atoms with Crippen LogP contribution in [0.5, 0.6) is 0 Å². The van der Waals surface area contributed by atoms with Crippen molar-refractivity contribution in [1.82, 2.24) is 19.0 Å². The molecule has 1 aliphatic rings. The Bertz CT molecular complexity index is 1020. The number of rotatable bonds is 4. The van der Waals surface area contributed by atoms with Crippen LogP contribution >= 0.6 is 11.6 Å². The molecule has 0 saturated carbocycles. The molecule has 0 bridgehead atoms. The lowest BCUT2D eigenvalue weighted by Crippen LogP contribution is -2.50. The maximum absolute atomic E-state index is 14.1. The Labute approximate surface area is 175 Å². The standard InChI is InChI=1S/C19H24ClFN4O3S/c1-12(2)25-14(4)18(13(3)22-25)29(27,28)24-10-8-23(9-11-24)19(26)17-15(20)6-5-7-16(17)21/h5-7,12H,8-11H2,1-4H3. The third-order valence-electron chi connectivity index (χ3n) is 5.05. The van der Waals surface area contributed by atoms with E-state index < -0.39 is 21.7 Å². The number of halogens is 2. The summed E-state index contributed by atoms with van der Waals surface area (Å²) in [5, 5.41) is 4.40. The number of hydrogen-bond acceptors (Lipinski definition) is 4. The SMILES string of the molecule is Cc1nn(C(C)C)c(C)c1S(=O)(=O)N1CCN(C(=O)c2c(F)cccc2Cl)CC1. The number of benzene rings is 1. The molecule has 1 aromatic carbocycles. The zero-order valence-electron chi connectivity index (χ0n) is 16.8. The lowest BCUT2D eigenvalue weighted by Gasteiger charge is -2.34. The Morgan fingerprint density at radius 1 is 1.17 bits per heavy atom. The van der Waals surface area contributed by atoms with Gasteiger partial charge in [0.05, 0.1) is 22.0 Å². The Kier molecular flexibility index (Phi) is 6.03. The minimum Gasteiger partial charge on any atom is -0.336 e. The smallest absolute Gasteiger partial charge is 0.258 e. The maximum atomic E-state index is 14.1. The molecular formula is C19H24ClFN4O3S. The minimum absolute atomic E-state index is 0.0393. The van der Waals surface area contributed by atoms with E-state index in [9.17, 15) is 17.6 Å². The number of amides is 1. The lowest BCUT2D eigenvalue weighted by molar-refractivity contribution is 0.0693. The summed E-state index contributed by atoms with van der Waals surface area (Å²) in [6.45, 7) is 7.84. The van der Waals surface area contributed by atoms with Gasteiger partial charge < -0.3 is 4.90 Å². The molecule has 0 radical (unpaired) electrons. The van der Waals surface area contributed by atoms with Gasteiger partial charge in [0.1, 0.15) is 10.7 Å². The van der Waals surface area contributed by atoms with E-state index in [1.165, 1.54) is 27.4 Å². The molecule has 0 aliphatic carbocycles. The molecule has 3 rings (SSSR count). The van der Waals surface area contributed by atoms with Gasteiger partial charge in [0.2, 0.25) is 10.0 Å². The van der Waals surface area contributed by atoms with Crippen molar-refractivity contribution in [2.45, 2.75) is 38.6 Å². The third-order valence-corrected chi connectivity index (χ3v) is 7.51. The normalized spacial score (nSPS) is 15.9. The highest BCUT2D eigenvalue weighted by Gasteiger charge is 2.35. The van der Waals surface area contributed by atoms with Crippen LogP contribution in [0.15, 0.2) is 23.1 Å². The van der Waals surface area contributed by atoms with Crippen molar-refractivity contribution < 1.29 is 17.6 Å². The van der Waals surface area contributed by atoms with Crippen LogP contribution in [0.25, 0.3) is 0 Å². The summed E-state index contributed by atoms with van der Waals surface area (Å²) in [4.78, 5) is 14.3.